The van der Waals surface area contributed by atoms with Crippen molar-refractivity contribution in [3.63, 3.8) is 0 Å². The van der Waals surface area contributed by atoms with E-state index in [-0.39, 0.29) is 6.10 Å². The first-order chi connectivity index (χ1) is 10.2. The van der Waals surface area contributed by atoms with Crippen LogP contribution in [0.15, 0.2) is 18.2 Å². The van der Waals surface area contributed by atoms with Crippen molar-refractivity contribution < 1.29 is 9.47 Å². The first kappa shape index (κ1) is 14.7. The summed E-state index contributed by atoms with van der Waals surface area (Å²) in [7, 11) is 0. The van der Waals surface area contributed by atoms with Crippen LogP contribution in [0, 0.1) is 0 Å². The van der Waals surface area contributed by atoms with Gasteiger partial charge in [0.1, 0.15) is 18.5 Å². The average molecular weight is 290 g/mol. The van der Waals surface area contributed by atoms with Crippen LogP contribution in [0.3, 0.4) is 0 Å². The minimum atomic E-state index is 0.167. The van der Waals surface area contributed by atoms with E-state index in [9.17, 15) is 0 Å². The van der Waals surface area contributed by atoms with Crippen LogP contribution in [0.2, 0.25) is 0 Å². The van der Waals surface area contributed by atoms with E-state index in [1.807, 2.05) is 0 Å². The third-order valence-electron chi connectivity index (χ3n) is 4.36. The van der Waals surface area contributed by atoms with E-state index in [1.54, 1.807) is 0 Å². The fourth-order valence-electron chi connectivity index (χ4n) is 3.09. The molecule has 2 heterocycles. The Balaban J connectivity index is 1.60. The van der Waals surface area contributed by atoms with Gasteiger partial charge in [-0.15, -0.1) is 0 Å². The van der Waals surface area contributed by atoms with Gasteiger partial charge in [0.2, 0.25) is 0 Å². The van der Waals surface area contributed by atoms with Gasteiger partial charge in [0.05, 0.1) is 12.3 Å². The molecule has 1 unspecified atom stereocenters. The Labute approximate surface area is 127 Å². The molecule has 0 amide bonds. The van der Waals surface area contributed by atoms with Crippen molar-refractivity contribution in [2.24, 2.45) is 0 Å². The van der Waals surface area contributed by atoms with Gasteiger partial charge in [-0.25, -0.2) is 0 Å². The number of nitrogens with one attached hydrogen (secondary N) is 1. The van der Waals surface area contributed by atoms with Gasteiger partial charge in [0.25, 0.3) is 0 Å². The van der Waals surface area contributed by atoms with Gasteiger partial charge in [0, 0.05) is 25.7 Å². The lowest BCUT2D eigenvalue weighted by molar-refractivity contribution is -0.0563. The molecular formula is C17H26N2O2. The topological polar surface area (TPSA) is 33.7 Å². The summed E-state index contributed by atoms with van der Waals surface area (Å²) in [5, 5.41) is 3.47. The van der Waals surface area contributed by atoms with Crippen molar-refractivity contribution in [1.29, 1.82) is 0 Å². The molecule has 116 valence electrons. The molecule has 0 radical (unpaired) electrons. The summed E-state index contributed by atoms with van der Waals surface area (Å²) in [4.78, 5) is 2.45. The number of hydrogen-bond donors (Lipinski definition) is 1. The first-order valence-electron chi connectivity index (χ1n) is 8.08. The molecule has 0 spiro atoms. The predicted octanol–water partition coefficient (Wildman–Crippen LogP) is 2.53. The number of morpholine rings is 1. The highest BCUT2D eigenvalue weighted by Gasteiger charge is 2.23. The first-order valence-corrected chi connectivity index (χ1v) is 8.08. The number of anilines is 1. The Morgan fingerprint density at radius 3 is 3.19 bits per heavy atom. The van der Waals surface area contributed by atoms with Crippen molar-refractivity contribution in [1.82, 2.24) is 4.90 Å². The van der Waals surface area contributed by atoms with Crippen LogP contribution in [-0.4, -0.2) is 49.9 Å². The normalized spacial score (nSPS) is 22.7. The molecule has 4 heteroatoms. The molecule has 4 nitrogen and oxygen atoms in total. The van der Waals surface area contributed by atoms with E-state index >= 15 is 0 Å². The van der Waals surface area contributed by atoms with Gasteiger partial charge in [0.15, 0.2) is 0 Å². The molecule has 1 N–H and O–H groups in total. The molecule has 1 fully saturated rings. The standard InChI is InChI=1S/C17H26N2O2/c1-13(2)19-9-10-20-15(11-19)12-21-16-7-3-5-14-6-4-8-18-17(14)16/h3,5,7,13,15,18H,4,6,8-12H2,1-2H3. The van der Waals surface area contributed by atoms with Gasteiger partial charge in [-0.1, -0.05) is 12.1 Å². The Morgan fingerprint density at radius 2 is 2.33 bits per heavy atom. The number of aryl methyl sites for hydroxylation is 1. The zero-order valence-electron chi connectivity index (χ0n) is 13.1. The Morgan fingerprint density at radius 1 is 1.43 bits per heavy atom. The van der Waals surface area contributed by atoms with Crippen molar-refractivity contribution in [3.05, 3.63) is 23.8 Å². The zero-order chi connectivity index (χ0) is 14.7. The second-order valence-electron chi connectivity index (χ2n) is 6.21. The molecular weight excluding hydrogens is 264 g/mol. The lowest BCUT2D eigenvalue weighted by Gasteiger charge is -2.35. The minimum absolute atomic E-state index is 0.167. The molecule has 21 heavy (non-hydrogen) atoms. The summed E-state index contributed by atoms with van der Waals surface area (Å²) in [6, 6.07) is 6.90. The summed E-state index contributed by atoms with van der Waals surface area (Å²) < 4.78 is 11.9. The number of para-hydroxylation sites is 1. The molecule has 1 aromatic carbocycles. The van der Waals surface area contributed by atoms with E-state index in [4.69, 9.17) is 9.47 Å². The Hall–Kier alpha value is -1.26. The molecule has 2 aliphatic rings. The summed E-state index contributed by atoms with van der Waals surface area (Å²) in [5.74, 6) is 0.970. The average Bonchev–Trinajstić information content (AvgIpc) is 2.53. The second-order valence-corrected chi connectivity index (χ2v) is 6.21. The highest BCUT2D eigenvalue weighted by atomic mass is 16.5. The smallest absolute Gasteiger partial charge is 0.142 e. The third-order valence-corrected chi connectivity index (χ3v) is 4.36. The van der Waals surface area contributed by atoms with E-state index in [0.29, 0.717) is 12.6 Å². The Bertz CT molecular complexity index is 476. The van der Waals surface area contributed by atoms with Gasteiger partial charge in [-0.3, -0.25) is 4.90 Å². The van der Waals surface area contributed by atoms with Crippen LogP contribution >= 0.6 is 0 Å². The predicted molar refractivity (Wildman–Crippen MR) is 85.2 cm³/mol. The lowest BCUT2D eigenvalue weighted by atomic mass is 10.0. The minimum Gasteiger partial charge on any atom is -0.489 e. The molecule has 1 atom stereocenters. The van der Waals surface area contributed by atoms with E-state index < -0.39 is 0 Å². The van der Waals surface area contributed by atoms with Crippen molar-refractivity contribution >= 4 is 5.69 Å². The second kappa shape index (κ2) is 6.67. The molecule has 2 aliphatic heterocycles. The zero-order valence-corrected chi connectivity index (χ0v) is 13.1. The van der Waals surface area contributed by atoms with Gasteiger partial charge in [-0.2, -0.15) is 0 Å². The maximum absolute atomic E-state index is 6.06. The molecule has 0 aliphatic carbocycles. The van der Waals surface area contributed by atoms with E-state index in [1.165, 1.54) is 17.7 Å². The molecule has 0 aromatic heterocycles. The summed E-state index contributed by atoms with van der Waals surface area (Å²) >= 11 is 0. The summed E-state index contributed by atoms with van der Waals surface area (Å²) in [5.41, 5.74) is 2.55. The van der Waals surface area contributed by atoms with Crippen LogP contribution in [-0.2, 0) is 11.2 Å². The highest BCUT2D eigenvalue weighted by Crippen LogP contribution is 2.32. The van der Waals surface area contributed by atoms with Crippen LogP contribution in [0.4, 0.5) is 5.69 Å². The van der Waals surface area contributed by atoms with Gasteiger partial charge < -0.3 is 14.8 Å². The van der Waals surface area contributed by atoms with Crippen molar-refractivity contribution in [3.8, 4) is 5.75 Å². The van der Waals surface area contributed by atoms with Crippen LogP contribution in [0.1, 0.15) is 25.8 Å². The monoisotopic (exact) mass is 290 g/mol. The lowest BCUT2D eigenvalue weighted by Crippen LogP contribution is -2.47. The fraction of sp³-hybridized carbons (Fsp3) is 0.647. The number of ether oxygens (including phenoxy) is 2. The van der Waals surface area contributed by atoms with Crippen molar-refractivity contribution in [2.45, 2.75) is 38.8 Å². The van der Waals surface area contributed by atoms with Crippen LogP contribution in [0.5, 0.6) is 5.75 Å². The van der Waals surface area contributed by atoms with Crippen LogP contribution < -0.4 is 10.1 Å². The largest absolute Gasteiger partial charge is 0.489 e. The number of hydrogen-bond acceptors (Lipinski definition) is 4. The summed E-state index contributed by atoms with van der Waals surface area (Å²) in [6.45, 7) is 8.92. The maximum atomic E-state index is 6.06. The molecule has 1 aromatic rings. The number of fused-ring (bicyclic) bond motifs is 1. The maximum Gasteiger partial charge on any atom is 0.142 e. The van der Waals surface area contributed by atoms with Crippen molar-refractivity contribution in [2.75, 3.05) is 38.2 Å². The van der Waals surface area contributed by atoms with Crippen LogP contribution in [0.25, 0.3) is 0 Å². The summed E-state index contributed by atoms with van der Waals surface area (Å²) in [6.07, 6.45) is 2.51. The number of benzene rings is 1. The fourth-order valence-corrected chi connectivity index (χ4v) is 3.09. The third kappa shape index (κ3) is 3.50. The molecule has 1 saturated heterocycles. The quantitative estimate of drug-likeness (QED) is 0.924. The van der Waals surface area contributed by atoms with E-state index in [0.717, 1.165) is 38.4 Å². The Kier molecular flexibility index (Phi) is 4.66. The van der Waals surface area contributed by atoms with Gasteiger partial charge >= 0.3 is 0 Å². The molecule has 3 rings (SSSR count). The highest BCUT2D eigenvalue weighted by molar-refractivity contribution is 5.63. The van der Waals surface area contributed by atoms with E-state index in [2.05, 4.69) is 42.3 Å². The number of nitrogens with zero attached hydrogens (tertiary/aromatic N) is 1. The number of rotatable bonds is 4. The SMILES string of the molecule is CC(C)N1CCOC(COc2cccc3c2NCCC3)C1. The molecule has 0 bridgehead atoms. The molecule has 0 saturated carbocycles. The van der Waals surface area contributed by atoms with Gasteiger partial charge in [-0.05, 0) is 38.3 Å².